The second kappa shape index (κ2) is 4.73. The van der Waals surface area contributed by atoms with Crippen LogP contribution in [-0.4, -0.2) is 46.1 Å². The maximum atomic E-state index is 9.81. The predicted octanol–water partition coefficient (Wildman–Crippen LogP) is -0.814. The van der Waals surface area contributed by atoms with Gasteiger partial charge in [-0.05, 0) is 20.2 Å². The van der Waals surface area contributed by atoms with Gasteiger partial charge >= 0.3 is 0 Å². The number of hydrogen-bond donors (Lipinski definition) is 3. The monoisotopic (exact) mass is 185 g/mol. The van der Waals surface area contributed by atoms with Crippen LogP contribution in [0.25, 0.3) is 0 Å². The summed E-state index contributed by atoms with van der Waals surface area (Å²) in [7, 11) is 0. The Morgan fingerprint density at radius 3 is 2.75 bits per heavy atom. The molecule has 0 aromatic heterocycles. The molecule has 0 aliphatic rings. The molecule has 0 aliphatic heterocycles. The summed E-state index contributed by atoms with van der Waals surface area (Å²) in [4.78, 5) is 3.44. The van der Waals surface area contributed by atoms with Crippen LogP contribution in [0.5, 0.6) is 0 Å². The molecule has 0 aromatic carbocycles. The highest BCUT2D eigenvalue weighted by Crippen LogP contribution is 2.22. The Balaban J connectivity index is 4.20. The van der Waals surface area contributed by atoms with Crippen LogP contribution in [0.1, 0.15) is 13.3 Å². The molecule has 0 radical (unpaired) electrons. The zero-order valence-corrected chi connectivity index (χ0v) is 9.67. The van der Waals surface area contributed by atoms with Crippen LogP contribution in [0.3, 0.4) is 0 Å². The number of nitrogens with zero attached hydrogens (tertiary/aromatic N) is 1. The Hall–Kier alpha value is -0.208. The van der Waals surface area contributed by atoms with E-state index >= 15 is 0 Å². The topological polar surface area (TPSA) is 82.5 Å². The van der Waals surface area contributed by atoms with Crippen LogP contribution in [0.2, 0.25) is 4.78 Å². The van der Waals surface area contributed by atoms with E-state index in [1.807, 2.05) is 0 Å². The van der Waals surface area contributed by atoms with Gasteiger partial charge in [-0.15, -0.1) is 0 Å². The van der Waals surface area contributed by atoms with Gasteiger partial charge in [0.05, 0.1) is 5.60 Å². The van der Waals surface area contributed by atoms with E-state index in [1.165, 1.54) is 0 Å². The van der Waals surface area contributed by atoms with Crippen molar-refractivity contribution in [2.45, 2.75) is 23.7 Å². The molecule has 4 nitrogen and oxygen atoms in total. The third-order valence-electron chi connectivity index (χ3n) is 2.13. The standard InChI is InChI=1S/C7H14N3O.Al.2H/c1-7(11,3-4-8)5-6(9)10-2;;;/h3,9,11H,2,4-5,8H2,1H3;;;/t7-;;;/m1.../s1. The Labute approximate surface area is 80.8 Å². The summed E-state index contributed by atoms with van der Waals surface area (Å²) in [6.07, 6.45) is 0.238. The first-order valence-corrected chi connectivity index (χ1v) is 5.06. The summed E-state index contributed by atoms with van der Waals surface area (Å²) in [6, 6.07) is 0. The van der Waals surface area contributed by atoms with Crippen LogP contribution in [0, 0.1) is 5.41 Å². The first-order valence-electron chi connectivity index (χ1n) is 3.90. The van der Waals surface area contributed by atoms with Crippen LogP contribution < -0.4 is 5.73 Å². The Bertz CT molecular complexity index is 181. The lowest BCUT2D eigenvalue weighted by atomic mass is 9.97. The second-order valence-electron chi connectivity index (χ2n) is 3.28. The molecule has 0 fully saturated rings. The summed E-state index contributed by atoms with van der Waals surface area (Å²) >= 11 is 0.822. The maximum Gasteiger partial charge on any atom is 0.222 e. The van der Waals surface area contributed by atoms with E-state index in [-0.39, 0.29) is 17.0 Å². The number of nitrogens with one attached hydrogen (secondary N) is 1. The van der Waals surface area contributed by atoms with Crippen molar-refractivity contribution >= 4 is 28.8 Å². The molecule has 12 heavy (non-hydrogen) atoms. The number of aliphatic imine (C=N–C) groups is 1. The van der Waals surface area contributed by atoms with Gasteiger partial charge in [-0.25, -0.2) is 4.99 Å². The van der Waals surface area contributed by atoms with Crippen LogP contribution in [-0.2, 0) is 0 Å². The third kappa shape index (κ3) is 3.46. The van der Waals surface area contributed by atoms with E-state index in [4.69, 9.17) is 11.1 Å². The van der Waals surface area contributed by atoms with Crippen LogP contribution in [0.4, 0.5) is 0 Å². The minimum Gasteiger partial charge on any atom is -0.391 e. The van der Waals surface area contributed by atoms with Crippen molar-refractivity contribution in [3.63, 3.8) is 0 Å². The molecule has 0 heterocycles. The molecule has 0 aliphatic carbocycles. The molecule has 0 saturated heterocycles. The van der Waals surface area contributed by atoms with Crippen molar-refractivity contribution in [2.75, 3.05) is 6.54 Å². The van der Waals surface area contributed by atoms with Gasteiger partial charge in [0.1, 0.15) is 5.84 Å². The van der Waals surface area contributed by atoms with Gasteiger partial charge in [-0.2, -0.15) is 0 Å². The van der Waals surface area contributed by atoms with Crippen molar-refractivity contribution in [1.29, 1.82) is 5.41 Å². The highest BCUT2D eigenvalue weighted by atomic mass is 27.0. The molecular weight excluding hydrogens is 169 g/mol. The Morgan fingerprint density at radius 2 is 2.42 bits per heavy atom. The molecule has 68 valence electrons. The molecule has 4 N–H and O–H groups in total. The molecule has 2 atom stereocenters. The molecule has 0 bridgehead atoms. The van der Waals surface area contributed by atoms with E-state index in [1.54, 1.807) is 6.92 Å². The van der Waals surface area contributed by atoms with E-state index in [0.29, 0.717) is 6.54 Å². The smallest absolute Gasteiger partial charge is 0.222 e. The summed E-state index contributed by atoms with van der Waals surface area (Å²) in [6.45, 7) is 5.38. The van der Waals surface area contributed by atoms with E-state index < -0.39 is 5.60 Å². The number of hydrogen-bond acceptors (Lipinski definition) is 3. The third-order valence-corrected chi connectivity index (χ3v) is 3.85. The summed E-state index contributed by atoms with van der Waals surface area (Å²) in [5.74, 6) is 0.120. The lowest BCUT2D eigenvalue weighted by Gasteiger charge is -2.29. The van der Waals surface area contributed by atoms with Gasteiger partial charge in [-0.1, -0.05) is 4.78 Å². The predicted molar refractivity (Wildman–Crippen MR) is 53.9 cm³/mol. The molecule has 0 rings (SSSR count). The van der Waals surface area contributed by atoms with Gasteiger partial charge in [0, 0.05) is 6.42 Å². The normalized spacial score (nSPS) is 17.9. The molecule has 0 spiro atoms. The Morgan fingerprint density at radius 1 is 1.92 bits per heavy atom. The molecule has 0 saturated carbocycles. The van der Waals surface area contributed by atoms with E-state index in [2.05, 4.69) is 11.7 Å². The first kappa shape index (κ1) is 11.8. The van der Waals surface area contributed by atoms with E-state index in [0.717, 1.165) is 16.3 Å². The number of amidine groups is 1. The quantitative estimate of drug-likeness (QED) is 0.304. The number of rotatable bonds is 4. The molecule has 1 unspecified atom stereocenters. The second-order valence-corrected chi connectivity index (χ2v) is 4.67. The van der Waals surface area contributed by atoms with Gasteiger partial charge in [0.15, 0.2) is 0 Å². The zero-order chi connectivity index (χ0) is 9.78. The van der Waals surface area contributed by atoms with Crippen LogP contribution in [0.15, 0.2) is 4.99 Å². The summed E-state index contributed by atoms with van der Waals surface area (Å²) in [5, 5.41) is 17.1. The molecular formula is C7H16AlN3O. The number of aliphatic hydroxyl groups is 1. The lowest BCUT2D eigenvalue weighted by Crippen LogP contribution is -2.36. The first-order chi connectivity index (χ1) is 5.44. The van der Waals surface area contributed by atoms with Gasteiger partial charge in [0.2, 0.25) is 16.3 Å². The van der Waals surface area contributed by atoms with Gasteiger partial charge < -0.3 is 10.8 Å². The van der Waals surface area contributed by atoms with Crippen LogP contribution >= 0.6 is 0 Å². The minimum atomic E-state index is -0.890. The fraction of sp³-hybridized carbons (Fsp3) is 0.714. The van der Waals surface area contributed by atoms with Crippen molar-refractivity contribution in [3.8, 4) is 0 Å². The lowest BCUT2D eigenvalue weighted by molar-refractivity contribution is 0.0618. The summed E-state index contributed by atoms with van der Waals surface area (Å²) < 4.78 is 0.0969. The maximum absolute atomic E-state index is 9.81. The molecule has 0 amide bonds. The fourth-order valence-corrected chi connectivity index (χ4v) is 1.03. The molecule has 0 aromatic rings. The molecule has 5 heteroatoms. The van der Waals surface area contributed by atoms with Crippen molar-refractivity contribution in [3.05, 3.63) is 0 Å². The number of nitrogens with two attached hydrogens (primary N) is 1. The largest absolute Gasteiger partial charge is 0.391 e. The van der Waals surface area contributed by atoms with Gasteiger partial charge in [-0.3, -0.25) is 5.41 Å². The fourth-order valence-electron chi connectivity index (χ4n) is 0.823. The minimum absolute atomic E-state index is 0.0969. The van der Waals surface area contributed by atoms with Crippen molar-refractivity contribution in [2.24, 2.45) is 10.7 Å². The highest BCUT2D eigenvalue weighted by molar-refractivity contribution is 6.13. The average Bonchev–Trinajstić information content (AvgIpc) is 2.02. The zero-order valence-electron chi connectivity index (χ0n) is 7.67. The highest BCUT2D eigenvalue weighted by Gasteiger charge is 2.28. The Kier molecular flexibility index (Phi) is 4.65. The van der Waals surface area contributed by atoms with Gasteiger partial charge in [0.25, 0.3) is 0 Å². The average molecular weight is 185 g/mol. The SMILES string of the molecule is C=NC(=N)C[C@](C)(O)[CH]([AlH2])CN. The van der Waals surface area contributed by atoms with E-state index in [9.17, 15) is 5.11 Å². The van der Waals surface area contributed by atoms with Crippen molar-refractivity contribution < 1.29 is 5.11 Å². The summed E-state index contributed by atoms with van der Waals surface area (Å²) in [5.41, 5.74) is 4.54. The van der Waals surface area contributed by atoms with Crippen molar-refractivity contribution in [1.82, 2.24) is 0 Å².